The fourth-order valence-corrected chi connectivity index (χ4v) is 6.08. The number of fused-ring (bicyclic) bond motifs is 1. The van der Waals surface area contributed by atoms with Crippen LogP contribution < -0.4 is 5.32 Å². The molecular formula is C21H25N3O3. The van der Waals surface area contributed by atoms with Gasteiger partial charge in [-0.2, -0.15) is 5.10 Å². The van der Waals surface area contributed by atoms with Crippen LogP contribution in [0.1, 0.15) is 55.8 Å². The minimum absolute atomic E-state index is 0.156. The SMILES string of the molecule is CCOC(=O)c1cnn2ccc(NC(=O)C34CC5CC(CC(C5)C3)C4)cc12. The summed E-state index contributed by atoms with van der Waals surface area (Å²) in [6.45, 7) is 2.10. The van der Waals surface area contributed by atoms with Crippen LogP contribution >= 0.6 is 0 Å². The van der Waals surface area contributed by atoms with Crippen LogP contribution in [0.4, 0.5) is 5.69 Å². The summed E-state index contributed by atoms with van der Waals surface area (Å²) in [5.41, 5.74) is 1.60. The Balaban J connectivity index is 1.40. The van der Waals surface area contributed by atoms with Gasteiger partial charge in [-0.1, -0.05) is 0 Å². The lowest BCUT2D eigenvalue weighted by Crippen LogP contribution is -2.51. The number of rotatable bonds is 4. The van der Waals surface area contributed by atoms with Crippen molar-refractivity contribution >= 4 is 23.1 Å². The van der Waals surface area contributed by atoms with Gasteiger partial charge in [-0.3, -0.25) is 4.79 Å². The highest BCUT2D eigenvalue weighted by atomic mass is 16.5. The molecule has 0 unspecified atom stereocenters. The summed E-state index contributed by atoms with van der Waals surface area (Å²) >= 11 is 0. The van der Waals surface area contributed by atoms with Crippen LogP contribution in [-0.4, -0.2) is 28.1 Å². The van der Waals surface area contributed by atoms with Crippen molar-refractivity contribution in [2.24, 2.45) is 23.2 Å². The fourth-order valence-electron chi connectivity index (χ4n) is 6.08. The molecule has 0 aromatic carbocycles. The molecule has 4 aliphatic carbocycles. The number of ether oxygens (including phenoxy) is 1. The molecule has 142 valence electrons. The highest BCUT2D eigenvalue weighted by Gasteiger charge is 2.54. The molecule has 0 radical (unpaired) electrons. The largest absolute Gasteiger partial charge is 0.462 e. The Morgan fingerprint density at radius 3 is 2.52 bits per heavy atom. The zero-order valence-electron chi connectivity index (χ0n) is 15.6. The first-order valence-corrected chi connectivity index (χ1v) is 10.0. The Labute approximate surface area is 158 Å². The van der Waals surface area contributed by atoms with E-state index in [1.807, 2.05) is 12.1 Å². The molecule has 4 bridgehead atoms. The third kappa shape index (κ3) is 2.73. The van der Waals surface area contributed by atoms with E-state index in [0.29, 0.717) is 23.4 Å². The quantitative estimate of drug-likeness (QED) is 0.837. The lowest BCUT2D eigenvalue weighted by molar-refractivity contribution is -0.140. The Morgan fingerprint density at radius 2 is 1.89 bits per heavy atom. The number of anilines is 1. The van der Waals surface area contributed by atoms with Gasteiger partial charge in [0.05, 0.1) is 23.7 Å². The maximum atomic E-state index is 13.2. The van der Waals surface area contributed by atoms with E-state index in [4.69, 9.17) is 4.74 Å². The van der Waals surface area contributed by atoms with Gasteiger partial charge in [0.25, 0.3) is 0 Å². The Bertz CT molecular complexity index is 881. The lowest BCUT2D eigenvalue weighted by Gasteiger charge is -2.55. The van der Waals surface area contributed by atoms with Crippen LogP contribution in [-0.2, 0) is 9.53 Å². The standard InChI is InChI=1S/C21H25N3O3/c1-2-27-19(25)17-12-22-24-4-3-16(8-18(17)24)23-20(26)21-9-13-5-14(10-21)7-15(6-13)11-21/h3-4,8,12-15H,2,5-7,9-11H2,1H3,(H,23,26). The third-order valence-corrected chi connectivity index (χ3v) is 6.79. The molecule has 6 rings (SSSR count). The molecule has 4 saturated carbocycles. The number of hydrogen-bond acceptors (Lipinski definition) is 4. The molecule has 0 atom stereocenters. The third-order valence-electron chi connectivity index (χ3n) is 6.79. The average Bonchev–Trinajstić information content (AvgIpc) is 3.04. The van der Waals surface area contributed by atoms with Crippen LogP contribution in [0.25, 0.3) is 5.52 Å². The molecule has 0 saturated heterocycles. The molecule has 2 heterocycles. The summed E-state index contributed by atoms with van der Waals surface area (Å²) in [5, 5.41) is 7.35. The Morgan fingerprint density at radius 1 is 1.22 bits per heavy atom. The summed E-state index contributed by atoms with van der Waals surface area (Å²) in [4.78, 5) is 25.4. The molecule has 2 aromatic heterocycles. The molecule has 0 aliphatic heterocycles. The van der Waals surface area contributed by atoms with Gasteiger partial charge in [0.1, 0.15) is 5.56 Å². The van der Waals surface area contributed by atoms with E-state index in [0.717, 1.165) is 37.0 Å². The zero-order valence-corrected chi connectivity index (χ0v) is 15.6. The number of hydrogen-bond donors (Lipinski definition) is 1. The second kappa shape index (κ2) is 6.08. The molecule has 2 aromatic rings. The van der Waals surface area contributed by atoms with Gasteiger partial charge in [0, 0.05) is 11.9 Å². The van der Waals surface area contributed by atoms with Gasteiger partial charge in [-0.05, 0) is 75.3 Å². The fraction of sp³-hybridized carbons (Fsp3) is 0.571. The highest BCUT2D eigenvalue weighted by Crippen LogP contribution is 2.60. The minimum atomic E-state index is -0.392. The van der Waals surface area contributed by atoms with Crippen molar-refractivity contribution in [1.29, 1.82) is 0 Å². The van der Waals surface area contributed by atoms with E-state index >= 15 is 0 Å². The molecule has 1 N–H and O–H groups in total. The van der Waals surface area contributed by atoms with Crippen molar-refractivity contribution in [3.05, 3.63) is 30.1 Å². The van der Waals surface area contributed by atoms with Gasteiger partial charge < -0.3 is 10.1 Å². The summed E-state index contributed by atoms with van der Waals surface area (Å²) in [6.07, 6.45) is 10.3. The van der Waals surface area contributed by atoms with Crippen LogP contribution in [0.5, 0.6) is 0 Å². The van der Waals surface area contributed by atoms with Gasteiger partial charge in [-0.25, -0.2) is 9.31 Å². The monoisotopic (exact) mass is 367 g/mol. The molecular weight excluding hydrogens is 342 g/mol. The number of esters is 1. The summed E-state index contributed by atoms with van der Waals surface area (Å²) in [6, 6.07) is 3.66. The minimum Gasteiger partial charge on any atom is -0.462 e. The number of nitrogens with one attached hydrogen (secondary N) is 1. The maximum Gasteiger partial charge on any atom is 0.341 e. The van der Waals surface area contributed by atoms with E-state index in [1.54, 1.807) is 17.6 Å². The summed E-state index contributed by atoms with van der Waals surface area (Å²) in [7, 11) is 0. The van der Waals surface area contributed by atoms with Gasteiger partial charge in [0.2, 0.25) is 5.91 Å². The number of carbonyl (C=O) groups excluding carboxylic acids is 2. The lowest BCUT2D eigenvalue weighted by atomic mass is 9.49. The normalized spacial score (nSPS) is 31.2. The number of nitrogens with zero attached hydrogens (tertiary/aromatic N) is 2. The van der Waals surface area contributed by atoms with Crippen molar-refractivity contribution < 1.29 is 14.3 Å². The molecule has 4 aliphatic rings. The van der Waals surface area contributed by atoms with Crippen molar-refractivity contribution in [1.82, 2.24) is 9.61 Å². The van der Waals surface area contributed by atoms with Crippen molar-refractivity contribution in [3.8, 4) is 0 Å². The van der Waals surface area contributed by atoms with Crippen LogP contribution in [0, 0.1) is 23.2 Å². The van der Waals surface area contributed by atoms with E-state index in [-0.39, 0.29) is 11.3 Å². The highest BCUT2D eigenvalue weighted by molar-refractivity contribution is 5.99. The van der Waals surface area contributed by atoms with E-state index in [9.17, 15) is 9.59 Å². The predicted molar refractivity (Wildman–Crippen MR) is 100 cm³/mol. The molecule has 6 nitrogen and oxygen atoms in total. The first-order chi connectivity index (χ1) is 13.1. The van der Waals surface area contributed by atoms with Crippen LogP contribution in [0.2, 0.25) is 0 Å². The molecule has 0 spiro atoms. The topological polar surface area (TPSA) is 72.7 Å². The van der Waals surface area contributed by atoms with Gasteiger partial charge in [0.15, 0.2) is 0 Å². The van der Waals surface area contributed by atoms with Crippen LogP contribution in [0.15, 0.2) is 24.5 Å². The molecule has 6 heteroatoms. The molecule has 4 fully saturated rings. The number of amides is 1. The summed E-state index contributed by atoms with van der Waals surface area (Å²) in [5.74, 6) is 1.96. The summed E-state index contributed by atoms with van der Waals surface area (Å²) < 4.78 is 6.73. The molecule has 27 heavy (non-hydrogen) atoms. The van der Waals surface area contributed by atoms with E-state index < -0.39 is 5.97 Å². The first kappa shape index (κ1) is 16.8. The predicted octanol–water partition coefficient (Wildman–Crippen LogP) is 3.67. The maximum absolute atomic E-state index is 13.2. The first-order valence-electron chi connectivity index (χ1n) is 10.0. The second-order valence-electron chi connectivity index (χ2n) is 8.68. The molecule has 1 amide bonds. The Kier molecular flexibility index (Phi) is 3.78. The van der Waals surface area contributed by atoms with Crippen LogP contribution in [0.3, 0.4) is 0 Å². The van der Waals surface area contributed by atoms with Gasteiger partial charge >= 0.3 is 5.97 Å². The van der Waals surface area contributed by atoms with Crippen molar-refractivity contribution in [3.63, 3.8) is 0 Å². The number of aromatic nitrogens is 2. The average molecular weight is 367 g/mol. The Hall–Kier alpha value is -2.37. The van der Waals surface area contributed by atoms with Crippen molar-refractivity contribution in [2.45, 2.75) is 45.4 Å². The number of carbonyl (C=O) groups is 2. The van der Waals surface area contributed by atoms with E-state index in [1.165, 1.54) is 25.5 Å². The van der Waals surface area contributed by atoms with Gasteiger partial charge in [-0.15, -0.1) is 0 Å². The second-order valence-corrected chi connectivity index (χ2v) is 8.68. The smallest absolute Gasteiger partial charge is 0.341 e. The number of pyridine rings is 1. The van der Waals surface area contributed by atoms with Crippen molar-refractivity contribution in [2.75, 3.05) is 11.9 Å². The van der Waals surface area contributed by atoms with E-state index in [2.05, 4.69) is 10.4 Å². The zero-order chi connectivity index (χ0) is 18.6.